The molecule has 0 aliphatic rings. The van der Waals surface area contributed by atoms with Crippen molar-refractivity contribution in [3.05, 3.63) is 53.7 Å². The summed E-state index contributed by atoms with van der Waals surface area (Å²) in [4.78, 5) is 17.3. The van der Waals surface area contributed by atoms with Crippen molar-refractivity contribution in [2.45, 2.75) is 24.3 Å². The van der Waals surface area contributed by atoms with Crippen LogP contribution in [0.3, 0.4) is 0 Å². The summed E-state index contributed by atoms with van der Waals surface area (Å²) < 4.78 is 31.2. The Bertz CT molecular complexity index is 1000. The Balaban J connectivity index is 1.42. The second kappa shape index (κ2) is 9.09. The van der Waals surface area contributed by atoms with Gasteiger partial charge in [-0.15, -0.1) is 11.3 Å². The number of hydrogen-bond acceptors (Lipinski definition) is 7. The van der Waals surface area contributed by atoms with Crippen LogP contribution in [0.1, 0.15) is 18.7 Å². The molecule has 1 aromatic carbocycles. The molecule has 2 heterocycles. The SMILES string of the molecule is CN(CCCC(=O)NCc1nc(-c2cccs2)no1)S(=O)(=O)c1ccccc1. The molecule has 10 heteroatoms. The Hall–Kier alpha value is -2.56. The molecule has 0 bridgehead atoms. The summed E-state index contributed by atoms with van der Waals surface area (Å²) in [5.74, 6) is 0.605. The number of nitrogens with one attached hydrogen (secondary N) is 1. The summed E-state index contributed by atoms with van der Waals surface area (Å²) in [7, 11) is -2.04. The normalized spacial score (nSPS) is 11.6. The van der Waals surface area contributed by atoms with Crippen LogP contribution in [0, 0.1) is 0 Å². The van der Waals surface area contributed by atoms with E-state index in [2.05, 4.69) is 15.5 Å². The number of amides is 1. The summed E-state index contributed by atoms with van der Waals surface area (Å²) in [6, 6.07) is 12.0. The van der Waals surface area contributed by atoms with E-state index in [-0.39, 0.29) is 30.3 Å². The van der Waals surface area contributed by atoms with Crippen LogP contribution in [0.15, 0.2) is 57.3 Å². The highest BCUT2D eigenvalue weighted by Gasteiger charge is 2.20. The molecule has 28 heavy (non-hydrogen) atoms. The zero-order chi connectivity index (χ0) is 20.0. The smallest absolute Gasteiger partial charge is 0.246 e. The van der Waals surface area contributed by atoms with E-state index in [1.807, 2.05) is 17.5 Å². The van der Waals surface area contributed by atoms with Crippen LogP contribution < -0.4 is 5.32 Å². The highest BCUT2D eigenvalue weighted by atomic mass is 32.2. The van der Waals surface area contributed by atoms with E-state index in [0.717, 1.165) is 4.88 Å². The molecule has 0 radical (unpaired) electrons. The van der Waals surface area contributed by atoms with Gasteiger partial charge in [0, 0.05) is 20.0 Å². The van der Waals surface area contributed by atoms with Gasteiger partial charge in [-0.05, 0) is 30.0 Å². The summed E-state index contributed by atoms with van der Waals surface area (Å²) in [6.45, 7) is 0.378. The molecule has 8 nitrogen and oxygen atoms in total. The number of carbonyl (C=O) groups excluding carboxylic acids is 1. The van der Waals surface area contributed by atoms with E-state index < -0.39 is 10.0 Å². The lowest BCUT2D eigenvalue weighted by Gasteiger charge is -2.16. The third-order valence-corrected chi connectivity index (χ3v) is 6.71. The first kappa shape index (κ1) is 20.2. The Kier molecular flexibility index (Phi) is 6.55. The Morgan fingerprint density at radius 1 is 1.21 bits per heavy atom. The predicted molar refractivity (Wildman–Crippen MR) is 105 cm³/mol. The van der Waals surface area contributed by atoms with Gasteiger partial charge in [-0.25, -0.2) is 12.7 Å². The minimum atomic E-state index is -3.54. The summed E-state index contributed by atoms with van der Waals surface area (Å²) in [5.41, 5.74) is 0. The van der Waals surface area contributed by atoms with Crippen molar-refractivity contribution in [2.75, 3.05) is 13.6 Å². The van der Waals surface area contributed by atoms with Crippen molar-refractivity contribution in [2.24, 2.45) is 0 Å². The number of carbonyl (C=O) groups is 1. The monoisotopic (exact) mass is 420 g/mol. The van der Waals surface area contributed by atoms with Gasteiger partial charge in [-0.3, -0.25) is 4.79 Å². The molecule has 3 rings (SSSR count). The lowest BCUT2D eigenvalue weighted by atomic mass is 10.3. The predicted octanol–water partition coefficient (Wildman–Crippen LogP) is 2.52. The standard InChI is InChI=1S/C18H20N4O4S2/c1-22(28(24,25)14-7-3-2-4-8-14)11-5-10-16(23)19-13-17-20-18(21-26-17)15-9-6-12-27-15/h2-4,6-9,12H,5,10-11,13H2,1H3,(H,19,23). The van der Waals surface area contributed by atoms with Gasteiger partial charge in [0.25, 0.3) is 0 Å². The van der Waals surface area contributed by atoms with E-state index in [1.54, 1.807) is 30.3 Å². The minimum Gasteiger partial charge on any atom is -0.347 e. The number of benzene rings is 1. The van der Waals surface area contributed by atoms with Crippen molar-refractivity contribution < 1.29 is 17.7 Å². The summed E-state index contributed by atoms with van der Waals surface area (Å²) in [5, 5.41) is 8.50. The molecular formula is C18H20N4O4S2. The van der Waals surface area contributed by atoms with Gasteiger partial charge >= 0.3 is 0 Å². The van der Waals surface area contributed by atoms with Gasteiger partial charge in [-0.1, -0.05) is 29.4 Å². The van der Waals surface area contributed by atoms with E-state index in [0.29, 0.717) is 18.1 Å². The highest BCUT2D eigenvalue weighted by Crippen LogP contribution is 2.21. The fourth-order valence-corrected chi connectivity index (χ4v) is 4.33. The summed E-state index contributed by atoms with van der Waals surface area (Å²) in [6.07, 6.45) is 0.596. The first-order valence-corrected chi connectivity index (χ1v) is 10.9. The average Bonchev–Trinajstić information content (AvgIpc) is 3.38. The molecule has 3 aromatic rings. The minimum absolute atomic E-state index is 0.134. The quantitative estimate of drug-likeness (QED) is 0.570. The number of sulfonamides is 1. The Morgan fingerprint density at radius 2 is 2.00 bits per heavy atom. The lowest BCUT2D eigenvalue weighted by Crippen LogP contribution is -2.29. The van der Waals surface area contributed by atoms with Crippen LogP contribution in [-0.2, 0) is 21.4 Å². The molecule has 0 aliphatic heterocycles. The fraction of sp³-hybridized carbons (Fsp3) is 0.278. The van der Waals surface area contributed by atoms with Crippen molar-refractivity contribution in [1.82, 2.24) is 19.8 Å². The third-order valence-electron chi connectivity index (χ3n) is 3.97. The van der Waals surface area contributed by atoms with E-state index in [9.17, 15) is 13.2 Å². The molecule has 0 saturated heterocycles. The molecule has 2 aromatic heterocycles. The van der Waals surface area contributed by atoms with Crippen LogP contribution >= 0.6 is 11.3 Å². The Labute approximate surface area is 167 Å². The zero-order valence-electron chi connectivity index (χ0n) is 15.2. The zero-order valence-corrected chi connectivity index (χ0v) is 16.9. The molecule has 1 N–H and O–H groups in total. The van der Waals surface area contributed by atoms with Crippen LogP contribution in [0.4, 0.5) is 0 Å². The molecule has 0 atom stereocenters. The largest absolute Gasteiger partial charge is 0.347 e. The molecule has 148 valence electrons. The second-order valence-corrected chi connectivity index (χ2v) is 9.00. The van der Waals surface area contributed by atoms with Crippen molar-refractivity contribution in [1.29, 1.82) is 0 Å². The van der Waals surface area contributed by atoms with Gasteiger partial charge in [0.15, 0.2) is 0 Å². The average molecular weight is 421 g/mol. The lowest BCUT2D eigenvalue weighted by molar-refractivity contribution is -0.121. The van der Waals surface area contributed by atoms with Crippen LogP contribution in [-0.4, -0.2) is 42.4 Å². The maximum Gasteiger partial charge on any atom is 0.246 e. The van der Waals surface area contributed by atoms with Crippen LogP contribution in [0.25, 0.3) is 10.7 Å². The molecule has 0 spiro atoms. The Morgan fingerprint density at radius 3 is 2.71 bits per heavy atom. The second-order valence-electron chi connectivity index (χ2n) is 6.01. The van der Waals surface area contributed by atoms with E-state index in [1.165, 1.54) is 22.7 Å². The molecular weight excluding hydrogens is 400 g/mol. The molecule has 0 aliphatic carbocycles. The molecule has 1 amide bonds. The van der Waals surface area contributed by atoms with Crippen molar-refractivity contribution in [3.8, 4) is 10.7 Å². The van der Waals surface area contributed by atoms with Crippen LogP contribution in [0.5, 0.6) is 0 Å². The number of hydrogen-bond donors (Lipinski definition) is 1. The maximum atomic E-state index is 12.4. The number of aromatic nitrogens is 2. The van der Waals surface area contributed by atoms with Crippen LogP contribution in [0.2, 0.25) is 0 Å². The molecule has 0 unspecified atom stereocenters. The number of rotatable bonds is 9. The molecule has 0 fully saturated rings. The van der Waals surface area contributed by atoms with Gasteiger partial charge in [-0.2, -0.15) is 4.98 Å². The first-order chi connectivity index (χ1) is 13.5. The first-order valence-electron chi connectivity index (χ1n) is 8.61. The third kappa shape index (κ3) is 5.03. The number of thiophene rings is 1. The maximum absolute atomic E-state index is 12.4. The van der Waals surface area contributed by atoms with E-state index in [4.69, 9.17) is 4.52 Å². The van der Waals surface area contributed by atoms with Gasteiger partial charge < -0.3 is 9.84 Å². The fourth-order valence-electron chi connectivity index (χ4n) is 2.45. The summed E-state index contributed by atoms with van der Waals surface area (Å²) >= 11 is 1.50. The van der Waals surface area contributed by atoms with Gasteiger partial charge in [0.05, 0.1) is 16.3 Å². The van der Waals surface area contributed by atoms with Crippen molar-refractivity contribution in [3.63, 3.8) is 0 Å². The van der Waals surface area contributed by atoms with Gasteiger partial charge in [0.2, 0.25) is 27.6 Å². The molecule has 0 saturated carbocycles. The van der Waals surface area contributed by atoms with Gasteiger partial charge in [0.1, 0.15) is 0 Å². The topological polar surface area (TPSA) is 105 Å². The highest BCUT2D eigenvalue weighted by molar-refractivity contribution is 7.89. The number of nitrogens with zero attached hydrogens (tertiary/aromatic N) is 3. The van der Waals surface area contributed by atoms with E-state index >= 15 is 0 Å². The van der Waals surface area contributed by atoms with Crippen molar-refractivity contribution >= 4 is 27.3 Å².